The first kappa shape index (κ1) is 11.1. The van der Waals surface area contributed by atoms with E-state index in [1.54, 1.807) is 6.92 Å². The van der Waals surface area contributed by atoms with Crippen molar-refractivity contribution in [2.75, 3.05) is 11.9 Å². The van der Waals surface area contributed by atoms with Gasteiger partial charge in [0.25, 0.3) is 0 Å². The van der Waals surface area contributed by atoms with Crippen molar-refractivity contribution >= 4 is 11.9 Å². The fourth-order valence-corrected chi connectivity index (χ4v) is 1.95. The minimum Gasteiger partial charge on any atom is -0.377 e. The lowest BCUT2D eigenvalue weighted by Crippen LogP contribution is -2.29. The minimum atomic E-state index is -0.0798. The third kappa shape index (κ3) is 2.21. The molecule has 88 valence electrons. The van der Waals surface area contributed by atoms with Crippen LogP contribution < -0.4 is 5.32 Å². The molecule has 1 fully saturated rings. The van der Waals surface area contributed by atoms with Gasteiger partial charge < -0.3 is 4.74 Å². The molecule has 6 nitrogen and oxygen atoms in total. The smallest absolute Gasteiger partial charge is 0.248 e. The maximum absolute atomic E-state index is 11.9. The predicted molar refractivity (Wildman–Crippen MR) is 57.9 cm³/mol. The fourth-order valence-electron chi connectivity index (χ4n) is 1.95. The number of carbonyl (C=O) groups is 1. The fraction of sp³-hybridized carbons (Fsp3) is 0.700. The molecule has 0 aliphatic carbocycles. The number of nitrogens with one attached hydrogen (secondary N) is 2. The monoisotopic (exact) mass is 224 g/mol. The topological polar surface area (TPSA) is 79.9 Å². The molecule has 0 bridgehead atoms. The number of nitrogens with zero attached hydrogens (tertiary/aromatic N) is 2. The van der Waals surface area contributed by atoms with Gasteiger partial charge in [0, 0.05) is 6.61 Å². The summed E-state index contributed by atoms with van der Waals surface area (Å²) in [7, 11) is 0. The highest BCUT2D eigenvalue weighted by Crippen LogP contribution is 2.24. The minimum absolute atomic E-state index is 0.0278. The molecule has 0 spiro atoms. The van der Waals surface area contributed by atoms with Crippen molar-refractivity contribution in [3.63, 3.8) is 0 Å². The summed E-state index contributed by atoms with van der Waals surface area (Å²) >= 11 is 0. The van der Waals surface area contributed by atoms with Crippen molar-refractivity contribution in [3.05, 3.63) is 5.82 Å². The second kappa shape index (κ2) is 4.61. The summed E-state index contributed by atoms with van der Waals surface area (Å²) in [6.07, 6.45) is 1.65. The lowest BCUT2D eigenvalue weighted by atomic mass is 9.99. The first-order chi connectivity index (χ1) is 7.70. The number of ether oxygens (including phenoxy) is 1. The molecule has 1 aliphatic rings. The van der Waals surface area contributed by atoms with E-state index in [-0.39, 0.29) is 17.9 Å². The summed E-state index contributed by atoms with van der Waals surface area (Å²) in [6.45, 7) is 4.47. The first-order valence-electron chi connectivity index (χ1n) is 5.52. The van der Waals surface area contributed by atoms with Gasteiger partial charge in [-0.05, 0) is 19.8 Å². The zero-order valence-corrected chi connectivity index (χ0v) is 9.49. The van der Waals surface area contributed by atoms with Crippen LogP contribution in [0.3, 0.4) is 0 Å². The van der Waals surface area contributed by atoms with Crippen molar-refractivity contribution < 1.29 is 9.53 Å². The number of aromatic nitrogens is 3. The lowest BCUT2D eigenvalue weighted by Gasteiger charge is -2.14. The molecule has 16 heavy (non-hydrogen) atoms. The predicted octanol–water partition coefficient (Wildman–Crippen LogP) is 0.867. The molecule has 1 amide bonds. The third-order valence-electron chi connectivity index (χ3n) is 2.78. The van der Waals surface area contributed by atoms with Crippen LogP contribution in [0.15, 0.2) is 0 Å². The first-order valence-corrected chi connectivity index (χ1v) is 5.52. The van der Waals surface area contributed by atoms with Gasteiger partial charge in [-0.3, -0.25) is 15.2 Å². The third-order valence-corrected chi connectivity index (χ3v) is 2.78. The van der Waals surface area contributed by atoms with E-state index in [9.17, 15) is 4.79 Å². The zero-order valence-electron chi connectivity index (χ0n) is 9.49. The van der Waals surface area contributed by atoms with E-state index in [1.165, 1.54) is 0 Å². The molecular formula is C10H16N4O2. The highest BCUT2D eigenvalue weighted by Gasteiger charge is 2.33. The van der Waals surface area contributed by atoms with E-state index in [1.807, 2.05) is 6.92 Å². The number of aromatic amines is 1. The summed E-state index contributed by atoms with van der Waals surface area (Å²) in [5.41, 5.74) is 0. The Labute approximate surface area is 93.8 Å². The van der Waals surface area contributed by atoms with Gasteiger partial charge in [0.05, 0.1) is 12.0 Å². The van der Waals surface area contributed by atoms with Crippen LogP contribution in [0.2, 0.25) is 0 Å². The van der Waals surface area contributed by atoms with Gasteiger partial charge in [-0.2, -0.15) is 4.98 Å². The molecular weight excluding hydrogens is 208 g/mol. The van der Waals surface area contributed by atoms with Crippen LogP contribution in [-0.4, -0.2) is 33.8 Å². The van der Waals surface area contributed by atoms with E-state index in [0.29, 0.717) is 18.4 Å². The van der Waals surface area contributed by atoms with Crippen LogP contribution in [-0.2, 0) is 9.53 Å². The number of rotatable bonds is 3. The van der Waals surface area contributed by atoms with Gasteiger partial charge in [-0.15, -0.1) is 5.10 Å². The number of carbonyl (C=O) groups excluding carboxylic acids is 1. The Morgan fingerprint density at radius 2 is 2.50 bits per heavy atom. The number of amides is 1. The number of hydrogen-bond acceptors (Lipinski definition) is 4. The number of hydrogen-bond donors (Lipinski definition) is 2. The van der Waals surface area contributed by atoms with E-state index in [2.05, 4.69) is 20.5 Å². The molecule has 2 rings (SSSR count). The van der Waals surface area contributed by atoms with E-state index in [4.69, 9.17) is 4.74 Å². The van der Waals surface area contributed by atoms with Crippen molar-refractivity contribution in [2.24, 2.45) is 5.92 Å². The Hall–Kier alpha value is -1.43. The number of anilines is 1. The Morgan fingerprint density at radius 3 is 3.12 bits per heavy atom. The van der Waals surface area contributed by atoms with Crippen LogP contribution in [0.4, 0.5) is 5.95 Å². The molecule has 1 aromatic heterocycles. The molecule has 0 radical (unpaired) electrons. The van der Waals surface area contributed by atoms with Crippen LogP contribution in [0, 0.1) is 12.8 Å². The zero-order chi connectivity index (χ0) is 11.5. The van der Waals surface area contributed by atoms with Crippen molar-refractivity contribution in [2.45, 2.75) is 32.8 Å². The molecule has 1 aromatic rings. The van der Waals surface area contributed by atoms with E-state index < -0.39 is 0 Å². The average molecular weight is 224 g/mol. The quantitative estimate of drug-likeness (QED) is 0.798. The molecule has 2 heterocycles. The van der Waals surface area contributed by atoms with Gasteiger partial charge in [0.2, 0.25) is 11.9 Å². The summed E-state index contributed by atoms with van der Waals surface area (Å²) in [4.78, 5) is 15.9. The summed E-state index contributed by atoms with van der Waals surface area (Å²) in [5, 5.41) is 9.25. The highest BCUT2D eigenvalue weighted by molar-refractivity contribution is 5.91. The van der Waals surface area contributed by atoms with Crippen LogP contribution in [0.5, 0.6) is 0 Å². The molecule has 0 aromatic carbocycles. The Bertz CT molecular complexity index is 377. The summed E-state index contributed by atoms with van der Waals surface area (Å²) < 4.78 is 5.47. The van der Waals surface area contributed by atoms with Crippen molar-refractivity contribution in [1.29, 1.82) is 0 Å². The number of aryl methyl sites for hydroxylation is 1. The summed E-state index contributed by atoms with van der Waals surface area (Å²) in [6, 6.07) is 0. The summed E-state index contributed by atoms with van der Waals surface area (Å²) in [5.74, 6) is 0.890. The standard InChI is InChI=1S/C10H16N4O2/c1-3-8-7(4-5-16-8)9(15)12-10-11-6(2)13-14-10/h7-8H,3-5H2,1-2H3,(H2,11,12,13,14,15). The molecule has 1 aliphatic heterocycles. The average Bonchev–Trinajstić information content (AvgIpc) is 2.86. The molecule has 2 unspecified atom stereocenters. The Balaban J connectivity index is 1.97. The van der Waals surface area contributed by atoms with Gasteiger partial charge >= 0.3 is 0 Å². The second-order valence-electron chi connectivity index (χ2n) is 3.95. The maximum atomic E-state index is 11.9. The SMILES string of the molecule is CCC1OCCC1C(=O)Nc1n[nH]c(C)n1. The molecule has 6 heteroatoms. The van der Waals surface area contributed by atoms with Gasteiger partial charge in [-0.25, -0.2) is 0 Å². The van der Waals surface area contributed by atoms with E-state index in [0.717, 1.165) is 12.8 Å². The van der Waals surface area contributed by atoms with Crippen molar-refractivity contribution in [1.82, 2.24) is 15.2 Å². The van der Waals surface area contributed by atoms with E-state index >= 15 is 0 Å². The molecule has 2 N–H and O–H groups in total. The normalized spacial score (nSPS) is 24.6. The maximum Gasteiger partial charge on any atom is 0.248 e. The highest BCUT2D eigenvalue weighted by atomic mass is 16.5. The van der Waals surface area contributed by atoms with Crippen LogP contribution >= 0.6 is 0 Å². The molecule has 1 saturated heterocycles. The van der Waals surface area contributed by atoms with Crippen LogP contribution in [0.25, 0.3) is 0 Å². The second-order valence-corrected chi connectivity index (χ2v) is 3.95. The molecule has 2 atom stereocenters. The molecule has 0 saturated carbocycles. The number of H-pyrrole nitrogens is 1. The van der Waals surface area contributed by atoms with Gasteiger partial charge in [0.15, 0.2) is 0 Å². The Morgan fingerprint density at radius 1 is 1.69 bits per heavy atom. The largest absolute Gasteiger partial charge is 0.377 e. The van der Waals surface area contributed by atoms with Gasteiger partial charge in [-0.1, -0.05) is 6.92 Å². The van der Waals surface area contributed by atoms with Gasteiger partial charge in [0.1, 0.15) is 5.82 Å². The van der Waals surface area contributed by atoms with Crippen LogP contribution in [0.1, 0.15) is 25.6 Å². The lowest BCUT2D eigenvalue weighted by molar-refractivity contribution is -0.121. The Kier molecular flexibility index (Phi) is 3.19. The van der Waals surface area contributed by atoms with Crippen molar-refractivity contribution in [3.8, 4) is 0 Å².